The quantitative estimate of drug-likeness (QED) is 0.632. The van der Waals surface area contributed by atoms with Gasteiger partial charge >= 0.3 is 0 Å². The number of fused-ring (bicyclic) bond motifs is 1. The molecule has 2 aromatic carbocycles. The summed E-state index contributed by atoms with van der Waals surface area (Å²) < 4.78 is 5.72. The number of anilines is 1. The van der Waals surface area contributed by atoms with Crippen LogP contribution in [0.15, 0.2) is 54.7 Å². The van der Waals surface area contributed by atoms with Crippen LogP contribution in [0.25, 0.3) is 11.3 Å². The Morgan fingerprint density at radius 2 is 2.11 bits per heavy atom. The minimum Gasteiger partial charge on any atom is -0.491 e. The monoisotopic (exact) mass is 375 g/mol. The predicted octanol–water partition coefficient (Wildman–Crippen LogP) is 2.31. The summed E-state index contributed by atoms with van der Waals surface area (Å²) in [6, 6.07) is 16.2. The van der Waals surface area contributed by atoms with Crippen LogP contribution in [0.2, 0.25) is 0 Å². The fourth-order valence-corrected chi connectivity index (χ4v) is 3.24. The number of nitrogens with zero attached hydrogens (tertiary/aromatic N) is 2. The van der Waals surface area contributed by atoms with Crippen LogP contribution >= 0.6 is 0 Å². The van der Waals surface area contributed by atoms with Gasteiger partial charge in [-0.25, -0.2) is 9.97 Å². The molecule has 0 saturated heterocycles. The van der Waals surface area contributed by atoms with Crippen molar-refractivity contribution in [1.29, 1.82) is 0 Å². The summed E-state index contributed by atoms with van der Waals surface area (Å²) in [4.78, 5) is 20.4. The number of nitrogens with two attached hydrogens (primary N) is 1. The second-order valence-electron chi connectivity index (χ2n) is 6.55. The van der Waals surface area contributed by atoms with Gasteiger partial charge in [0.1, 0.15) is 12.4 Å². The molecule has 0 bridgehead atoms. The third-order valence-corrected chi connectivity index (χ3v) is 4.72. The Balaban J connectivity index is 1.52. The molecule has 1 amide bonds. The molecule has 0 aliphatic carbocycles. The zero-order valence-corrected chi connectivity index (χ0v) is 15.5. The number of nitrogens with one attached hydrogen (secondary N) is 2. The third-order valence-electron chi connectivity index (χ3n) is 4.72. The SMILES string of the molecule is CNC(=O)c1nc(-c2cccc(CNC3COc4ccccc43)c2)cnc1N. The van der Waals surface area contributed by atoms with Gasteiger partial charge in [0.15, 0.2) is 11.5 Å². The summed E-state index contributed by atoms with van der Waals surface area (Å²) in [5.74, 6) is 0.693. The van der Waals surface area contributed by atoms with Gasteiger partial charge in [0.05, 0.1) is 17.9 Å². The Labute approximate surface area is 163 Å². The first-order valence-electron chi connectivity index (χ1n) is 9.04. The Bertz CT molecular complexity index is 1020. The van der Waals surface area contributed by atoms with Gasteiger partial charge < -0.3 is 21.1 Å². The predicted molar refractivity (Wildman–Crippen MR) is 107 cm³/mol. The molecule has 142 valence electrons. The molecule has 1 aromatic heterocycles. The molecule has 1 unspecified atom stereocenters. The number of hydrogen-bond acceptors (Lipinski definition) is 6. The Hall–Kier alpha value is -3.45. The highest BCUT2D eigenvalue weighted by molar-refractivity contribution is 5.96. The summed E-state index contributed by atoms with van der Waals surface area (Å²) >= 11 is 0. The van der Waals surface area contributed by atoms with Gasteiger partial charge in [-0.05, 0) is 17.7 Å². The van der Waals surface area contributed by atoms with Crippen molar-refractivity contribution in [2.75, 3.05) is 19.4 Å². The van der Waals surface area contributed by atoms with Crippen LogP contribution in [0.4, 0.5) is 5.82 Å². The standard InChI is InChI=1S/C21H21N5O2/c1-23-21(27)19-20(22)25-11-16(26-19)14-6-4-5-13(9-14)10-24-17-12-28-18-8-3-2-7-15(17)18/h2-9,11,17,24H,10,12H2,1H3,(H2,22,25)(H,23,27). The van der Waals surface area contributed by atoms with Crippen molar-refractivity contribution in [2.24, 2.45) is 0 Å². The molecule has 7 heteroatoms. The molecular weight excluding hydrogens is 354 g/mol. The van der Waals surface area contributed by atoms with Gasteiger partial charge in [0.25, 0.3) is 5.91 Å². The first-order valence-corrected chi connectivity index (χ1v) is 9.04. The number of benzene rings is 2. The fraction of sp³-hybridized carbons (Fsp3) is 0.190. The number of rotatable bonds is 5. The topological polar surface area (TPSA) is 102 Å². The molecule has 4 rings (SSSR count). The zero-order chi connectivity index (χ0) is 19.5. The average Bonchev–Trinajstić information content (AvgIpc) is 3.15. The lowest BCUT2D eigenvalue weighted by molar-refractivity contribution is 0.0959. The fourth-order valence-electron chi connectivity index (χ4n) is 3.24. The highest BCUT2D eigenvalue weighted by atomic mass is 16.5. The van der Waals surface area contributed by atoms with Crippen molar-refractivity contribution < 1.29 is 9.53 Å². The highest BCUT2D eigenvalue weighted by Gasteiger charge is 2.22. The summed E-state index contributed by atoms with van der Waals surface area (Å²) in [6.45, 7) is 1.30. The summed E-state index contributed by atoms with van der Waals surface area (Å²) in [5.41, 5.74) is 9.66. The number of ether oxygens (including phenoxy) is 1. The van der Waals surface area contributed by atoms with Crippen LogP contribution in [0.5, 0.6) is 5.75 Å². The number of hydrogen-bond donors (Lipinski definition) is 3. The first kappa shape index (κ1) is 17.9. The third kappa shape index (κ3) is 3.52. The second-order valence-corrected chi connectivity index (χ2v) is 6.55. The molecule has 28 heavy (non-hydrogen) atoms. The lowest BCUT2D eigenvalue weighted by Crippen LogP contribution is -2.22. The van der Waals surface area contributed by atoms with Crippen LogP contribution in [0.1, 0.15) is 27.7 Å². The number of amides is 1. The van der Waals surface area contributed by atoms with Crippen LogP contribution < -0.4 is 21.1 Å². The lowest BCUT2D eigenvalue weighted by atomic mass is 10.1. The molecule has 4 N–H and O–H groups in total. The van der Waals surface area contributed by atoms with E-state index in [0.717, 1.165) is 16.9 Å². The molecule has 2 heterocycles. The van der Waals surface area contributed by atoms with E-state index in [2.05, 4.69) is 26.7 Å². The van der Waals surface area contributed by atoms with Gasteiger partial charge in [0.2, 0.25) is 0 Å². The number of carbonyl (C=O) groups is 1. The number of aromatic nitrogens is 2. The van der Waals surface area contributed by atoms with E-state index in [9.17, 15) is 4.79 Å². The van der Waals surface area contributed by atoms with E-state index < -0.39 is 0 Å². The van der Waals surface area contributed by atoms with Crippen LogP contribution in [0, 0.1) is 0 Å². The minimum absolute atomic E-state index is 0.112. The smallest absolute Gasteiger partial charge is 0.273 e. The average molecular weight is 375 g/mol. The number of nitrogen functional groups attached to an aromatic ring is 1. The summed E-state index contributed by atoms with van der Waals surface area (Å²) in [7, 11) is 1.54. The van der Waals surface area contributed by atoms with Gasteiger partial charge in [-0.3, -0.25) is 4.79 Å². The molecule has 0 fully saturated rings. The van der Waals surface area contributed by atoms with Crippen LogP contribution in [-0.2, 0) is 6.54 Å². The van der Waals surface area contributed by atoms with Gasteiger partial charge in [-0.2, -0.15) is 0 Å². The molecule has 1 aliphatic heterocycles. The van der Waals surface area contributed by atoms with Gasteiger partial charge in [-0.15, -0.1) is 0 Å². The number of carbonyl (C=O) groups excluding carboxylic acids is 1. The van der Waals surface area contributed by atoms with E-state index in [1.807, 2.05) is 42.5 Å². The highest BCUT2D eigenvalue weighted by Crippen LogP contribution is 2.32. The van der Waals surface area contributed by atoms with Crippen molar-refractivity contribution in [3.05, 3.63) is 71.5 Å². The lowest BCUT2D eigenvalue weighted by Gasteiger charge is -2.12. The van der Waals surface area contributed by atoms with E-state index in [1.165, 1.54) is 12.6 Å². The summed E-state index contributed by atoms with van der Waals surface area (Å²) in [5, 5.41) is 6.06. The van der Waals surface area contributed by atoms with Crippen molar-refractivity contribution in [1.82, 2.24) is 20.6 Å². The maximum Gasteiger partial charge on any atom is 0.273 e. The van der Waals surface area contributed by atoms with Crippen molar-refractivity contribution in [3.63, 3.8) is 0 Å². The molecule has 1 aliphatic rings. The normalized spacial score (nSPS) is 15.0. The van der Waals surface area contributed by atoms with E-state index in [1.54, 1.807) is 6.20 Å². The zero-order valence-electron chi connectivity index (χ0n) is 15.5. The van der Waals surface area contributed by atoms with E-state index in [-0.39, 0.29) is 23.5 Å². The van der Waals surface area contributed by atoms with Crippen molar-refractivity contribution in [3.8, 4) is 17.0 Å². The molecule has 0 saturated carbocycles. The molecule has 7 nitrogen and oxygen atoms in total. The Morgan fingerprint density at radius 3 is 2.96 bits per heavy atom. The molecule has 3 aromatic rings. The largest absolute Gasteiger partial charge is 0.491 e. The number of para-hydroxylation sites is 1. The van der Waals surface area contributed by atoms with E-state index in [4.69, 9.17) is 10.5 Å². The van der Waals surface area contributed by atoms with Crippen molar-refractivity contribution >= 4 is 11.7 Å². The molecule has 0 radical (unpaired) electrons. The maximum absolute atomic E-state index is 11.9. The Morgan fingerprint density at radius 1 is 1.25 bits per heavy atom. The summed E-state index contributed by atoms with van der Waals surface area (Å²) in [6.07, 6.45) is 1.58. The van der Waals surface area contributed by atoms with Gasteiger partial charge in [-0.1, -0.05) is 36.4 Å². The molecule has 1 atom stereocenters. The minimum atomic E-state index is -0.357. The first-order chi connectivity index (χ1) is 13.7. The van der Waals surface area contributed by atoms with E-state index in [0.29, 0.717) is 18.8 Å². The molecular formula is C21H21N5O2. The second kappa shape index (κ2) is 7.66. The maximum atomic E-state index is 11.9. The van der Waals surface area contributed by atoms with Crippen molar-refractivity contribution in [2.45, 2.75) is 12.6 Å². The molecule has 0 spiro atoms. The van der Waals surface area contributed by atoms with E-state index >= 15 is 0 Å². The van der Waals surface area contributed by atoms with Gasteiger partial charge in [0, 0.05) is 24.7 Å². The van der Waals surface area contributed by atoms with Crippen LogP contribution in [0.3, 0.4) is 0 Å². The Kier molecular flexibility index (Phi) is 4.90. The van der Waals surface area contributed by atoms with Crippen LogP contribution in [-0.4, -0.2) is 29.5 Å².